The van der Waals surface area contributed by atoms with Crippen LogP contribution in [-0.2, 0) is 6.42 Å². The summed E-state index contributed by atoms with van der Waals surface area (Å²) in [5.74, 6) is 0. The molecule has 0 radical (unpaired) electrons. The Kier molecular flexibility index (Phi) is 3.83. The number of benzene rings is 1. The van der Waals surface area contributed by atoms with E-state index >= 15 is 0 Å². The molecule has 1 N–H and O–H groups in total. The molecule has 1 aromatic rings. The minimum absolute atomic E-state index is 0.359. The molecule has 19 heavy (non-hydrogen) atoms. The van der Waals surface area contributed by atoms with Crippen molar-refractivity contribution in [2.24, 2.45) is 4.99 Å². The quantitative estimate of drug-likeness (QED) is 0.839. The third kappa shape index (κ3) is 2.97. The Morgan fingerprint density at radius 3 is 2.95 bits per heavy atom. The van der Waals surface area contributed by atoms with Gasteiger partial charge >= 0.3 is 0 Å². The van der Waals surface area contributed by atoms with Crippen molar-refractivity contribution >= 4 is 16.9 Å². The van der Waals surface area contributed by atoms with E-state index in [1.807, 2.05) is 11.8 Å². The minimum Gasteiger partial charge on any atom is -0.362 e. The van der Waals surface area contributed by atoms with E-state index in [1.54, 1.807) is 0 Å². The Bertz CT molecular complexity index is 471. The number of hydrogen-bond acceptors (Lipinski definition) is 2. The molecule has 0 spiro atoms. The molecular formula is C16H22N2S. The summed E-state index contributed by atoms with van der Waals surface area (Å²) in [4.78, 5) is 5.01. The van der Waals surface area contributed by atoms with Gasteiger partial charge in [-0.15, -0.1) is 0 Å². The predicted molar refractivity (Wildman–Crippen MR) is 83.8 cm³/mol. The van der Waals surface area contributed by atoms with Crippen LogP contribution in [0.1, 0.15) is 50.3 Å². The van der Waals surface area contributed by atoms with Crippen molar-refractivity contribution in [1.29, 1.82) is 0 Å². The lowest BCUT2D eigenvalue weighted by Crippen LogP contribution is -2.38. The molecule has 1 saturated heterocycles. The normalized spacial score (nSPS) is 32.7. The molecule has 1 aromatic carbocycles. The molecule has 3 unspecified atom stereocenters. The maximum atomic E-state index is 5.01. The standard InChI is InChI=1S/C16H22N2S/c1-11-10-12(2)19-16(17-11)18-15-9-5-7-13-6-3-4-8-14(13)15/h3-4,6,8,11-12,15H,5,7,9-10H2,1-2H3,(H,17,18). The second-order valence-electron chi connectivity index (χ2n) is 5.75. The highest BCUT2D eigenvalue weighted by Gasteiger charge is 2.23. The average Bonchev–Trinajstić information content (AvgIpc) is 2.38. The molecule has 102 valence electrons. The number of thioether (sulfide) groups is 1. The van der Waals surface area contributed by atoms with Crippen LogP contribution in [-0.4, -0.2) is 16.5 Å². The Labute approximate surface area is 120 Å². The first kappa shape index (κ1) is 13.0. The monoisotopic (exact) mass is 274 g/mol. The van der Waals surface area contributed by atoms with Gasteiger partial charge < -0.3 is 5.32 Å². The number of fused-ring (bicyclic) bond motifs is 1. The van der Waals surface area contributed by atoms with Crippen LogP contribution in [0.5, 0.6) is 0 Å². The van der Waals surface area contributed by atoms with Crippen molar-refractivity contribution in [1.82, 2.24) is 5.32 Å². The lowest BCUT2D eigenvalue weighted by atomic mass is 9.88. The minimum atomic E-state index is 0.359. The molecule has 0 aromatic heterocycles. The lowest BCUT2D eigenvalue weighted by Gasteiger charge is -2.29. The molecule has 3 heteroatoms. The van der Waals surface area contributed by atoms with Gasteiger partial charge in [-0.3, -0.25) is 4.99 Å². The van der Waals surface area contributed by atoms with Crippen LogP contribution >= 0.6 is 11.8 Å². The number of rotatable bonds is 1. The number of hydrogen-bond donors (Lipinski definition) is 1. The van der Waals surface area contributed by atoms with Crippen LogP contribution in [0.2, 0.25) is 0 Å². The van der Waals surface area contributed by atoms with Crippen LogP contribution in [0, 0.1) is 0 Å². The zero-order valence-corrected chi connectivity index (χ0v) is 12.5. The number of aryl methyl sites for hydroxylation is 1. The Hall–Kier alpha value is -0.960. The highest BCUT2D eigenvalue weighted by molar-refractivity contribution is 8.14. The third-order valence-corrected chi connectivity index (χ3v) is 5.02. The van der Waals surface area contributed by atoms with E-state index in [-0.39, 0.29) is 0 Å². The van der Waals surface area contributed by atoms with Crippen LogP contribution in [0.15, 0.2) is 29.3 Å². The van der Waals surface area contributed by atoms with E-state index < -0.39 is 0 Å². The van der Waals surface area contributed by atoms with E-state index in [4.69, 9.17) is 4.99 Å². The summed E-state index contributed by atoms with van der Waals surface area (Å²) in [5.41, 5.74) is 2.93. The van der Waals surface area contributed by atoms with Gasteiger partial charge in [-0.25, -0.2) is 0 Å². The summed E-state index contributed by atoms with van der Waals surface area (Å²) >= 11 is 1.90. The first-order chi connectivity index (χ1) is 9.22. The van der Waals surface area contributed by atoms with Crippen molar-refractivity contribution in [3.8, 4) is 0 Å². The summed E-state index contributed by atoms with van der Waals surface area (Å²) in [6.07, 6.45) is 4.88. The van der Waals surface area contributed by atoms with Crippen LogP contribution in [0.3, 0.4) is 0 Å². The van der Waals surface area contributed by atoms with E-state index in [9.17, 15) is 0 Å². The van der Waals surface area contributed by atoms with Crippen molar-refractivity contribution < 1.29 is 0 Å². The Morgan fingerprint density at radius 2 is 2.11 bits per heavy atom. The van der Waals surface area contributed by atoms with Crippen molar-refractivity contribution in [2.45, 2.75) is 56.9 Å². The van der Waals surface area contributed by atoms with Gasteiger partial charge in [0.05, 0.1) is 6.04 Å². The van der Waals surface area contributed by atoms with Gasteiger partial charge in [0.15, 0.2) is 5.17 Å². The first-order valence-corrected chi connectivity index (χ1v) is 8.19. The number of amidine groups is 1. The number of aliphatic imine (C=N–C) groups is 1. The van der Waals surface area contributed by atoms with Gasteiger partial charge in [-0.2, -0.15) is 0 Å². The summed E-state index contributed by atoms with van der Waals surface area (Å²) in [6.45, 7) is 4.55. The molecule has 0 saturated carbocycles. The summed E-state index contributed by atoms with van der Waals surface area (Å²) in [5, 5.41) is 5.36. The molecular weight excluding hydrogens is 252 g/mol. The van der Waals surface area contributed by atoms with E-state index in [0.717, 1.165) is 5.17 Å². The fraction of sp³-hybridized carbons (Fsp3) is 0.562. The van der Waals surface area contributed by atoms with E-state index in [1.165, 1.54) is 36.8 Å². The molecule has 1 fully saturated rings. The fourth-order valence-electron chi connectivity index (χ4n) is 3.11. The van der Waals surface area contributed by atoms with Gasteiger partial charge in [0.1, 0.15) is 0 Å². The maximum absolute atomic E-state index is 5.01. The zero-order chi connectivity index (χ0) is 13.2. The van der Waals surface area contributed by atoms with Gasteiger partial charge in [0.25, 0.3) is 0 Å². The SMILES string of the molecule is CC1CC(C)SC(=NC2CCCc3ccccc32)N1. The molecule has 2 nitrogen and oxygen atoms in total. The predicted octanol–water partition coefficient (Wildman–Crippen LogP) is 3.92. The third-order valence-electron chi connectivity index (χ3n) is 3.98. The largest absolute Gasteiger partial charge is 0.362 e. The van der Waals surface area contributed by atoms with E-state index in [0.29, 0.717) is 17.3 Å². The van der Waals surface area contributed by atoms with Crippen molar-refractivity contribution in [3.05, 3.63) is 35.4 Å². The lowest BCUT2D eigenvalue weighted by molar-refractivity contribution is 0.560. The van der Waals surface area contributed by atoms with Gasteiger partial charge in [-0.05, 0) is 43.7 Å². The van der Waals surface area contributed by atoms with Crippen molar-refractivity contribution in [3.63, 3.8) is 0 Å². The van der Waals surface area contributed by atoms with Crippen molar-refractivity contribution in [2.75, 3.05) is 0 Å². The maximum Gasteiger partial charge on any atom is 0.157 e. The molecule has 1 aliphatic carbocycles. The summed E-state index contributed by atoms with van der Waals surface area (Å²) in [7, 11) is 0. The highest BCUT2D eigenvalue weighted by atomic mass is 32.2. The Balaban J connectivity index is 1.84. The molecule has 0 bridgehead atoms. The second kappa shape index (κ2) is 5.58. The molecule has 3 atom stereocenters. The number of nitrogens with one attached hydrogen (secondary N) is 1. The smallest absolute Gasteiger partial charge is 0.157 e. The second-order valence-corrected chi connectivity index (χ2v) is 7.18. The highest BCUT2D eigenvalue weighted by Crippen LogP contribution is 2.34. The molecule has 3 rings (SSSR count). The molecule has 1 aliphatic heterocycles. The first-order valence-electron chi connectivity index (χ1n) is 7.31. The van der Waals surface area contributed by atoms with Gasteiger partial charge in [-0.1, -0.05) is 43.0 Å². The van der Waals surface area contributed by atoms with Gasteiger partial charge in [0.2, 0.25) is 0 Å². The van der Waals surface area contributed by atoms with Crippen LogP contribution in [0.25, 0.3) is 0 Å². The number of nitrogens with zero attached hydrogens (tertiary/aromatic N) is 1. The molecule has 0 amide bonds. The zero-order valence-electron chi connectivity index (χ0n) is 11.7. The van der Waals surface area contributed by atoms with Crippen LogP contribution < -0.4 is 5.32 Å². The van der Waals surface area contributed by atoms with E-state index in [2.05, 4.69) is 43.4 Å². The summed E-state index contributed by atoms with van der Waals surface area (Å²) in [6, 6.07) is 9.71. The van der Waals surface area contributed by atoms with Crippen LogP contribution in [0.4, 0.5) is 0 Å². The Morgan fingerprint density at radius 1 is 1.26 bits per heavy atom. The average molecular weight is 274 g/mol. The topological polar surface area (TPSA) is 24.4 Å². The summed E-state index contributed by atoms with van der Waals surface area (Å²) < 4.78 is 0. The molecule has 1 heterocycles. The fourth-order valence-corrected chi connectivity index (χ4v) is 4.34. The van der Waals surface area contributed by atoms with Gasteiger partial charge in [0, 0.05) is 11.3 Å². The molecule has 2 aliphatic rings.